The van der Waals surface area contributed by atoms with E-state index in [4.69, 9.17) is 0 Å². The Morgan fingerprint density at radius 1 is 1.15 bits per heavy atom. The molecule has 1 rings (SSSR count). The van der Waals surface area contributed by atoms with Crippen molar-refractivity contribution in [2.45, 2.75) is 84.1 Å². The fraction of sp³-hybridized carbons (Fsp3) is 0.944. The van der Waals surface area contributed by atoms with Crippen LogP contribution in [-0.2, 0) is 0 Å². The Hall–Kier alpha value is -0.250. The normalized spacial score (nSPS) is 21.9. The maximum atomic E-state index is 12.9. The number of guanidine groups is 1. The van der Waals surface area contributed by atoms with Gasteiger partial charge in [0.1, 0.15) is 0 Å². The predicted molar refractivity (Wildman–Crippen MR) is 113 cm³/mol. The molecule has 0 radical (unpaired) electrons. The van der Waals surface area contributed by atoms with Crippen LogP contribution in [0.5, 0.6) is 0 Å². The summed E-state index contributed by atoms with van der Waals surface area (Å²) in [6, 6.07) is 0.840. The average molecular weight is 492 g/mol. The highest BCUT2D eigenvalue weighted by atomic mass is 127. The molecule has 0 spiro atoms. The molecule has 0 aromatic carbocycles. The molecule has 8 heteroatoms. The summed E-state index contributed by atoms with van der Waals surface area (Å²) >= 11 is 0. The van der Waals surface area contributed by atoms with Gasteiger partial charge < -0.3 is 10.6 Å². The number of aliphatic imine (C=N–C) groups is 1. The fourth-order valence-electron chi connectivity index (χ4n) is 3.59. The molecular formula is C18H36F3IN4. The van der Waals surface area contributed by atoms with Crippen LogP contribution in [0.25, 0.3) is 0 Å². The average Bonchev–Trinajstić information content (AvgIpc) is 2.52. The second-order valence-corrected chi connectivity index (χ2v) is 7.52. The van der Waals surface area contributed by atoms with Crippen LogP contribution in [0.3, 0.4) is 0 Å². The molecule has 0 amide bonds. The van der Waals surface area contributed by atoms with E-state index < -0.39 is 12.1 Å². The summed E-state index contributed by atoms with van der Waals surface area (Å²) in [6.07, 6.45) is -1.37. The lowest BCUT2D eigenvalue weighted by molar-refractivity contribution is -0.183. The fourth-order valence-corrected chi connectivity index (χ4v) is 3.59. The van der Waals surface area contributed by atoms with E-state index >= 15 is 0 Å². The second-order valence-electron chi connectivity index (χ2n) is 7.52. The summed E-state index contributed by atoms with van der Waals surface area (Å²) in [5.74, 6) is -0.587. The molecule has 0 bridgehead atoms. The molecule has 156 valence electrons. The summed E-state index contributed by atoms with van der Waals surface area (Å²) in [7, 11) is 1.66. The lowest BCUT2D eigenvalue weighted by Crippen LogP contribution is -2.47. The van der Waals surface area contributed by atoms with E-state index in [1.54, 1.807) is 7.05 Å². The van der Waals surface area contributed by atoms with Crippen molar-refractivity contribution in [3.8, 4) is 0 Å². The van der Waals surface area contributed by atoms with Gasteiger partial charge >= 0.3 is 6.18 Å². The summed E-state index contributed by atoms with van der Waals surface area (Å²) in [5, 5.41) is 6.40. The Balaban J connectivity index is 0.00000625. The molecule has 1 aliphatic carbocycles. The Kier molecular flexibility index (Phi) is 12.1. The van der Waals surface area contributed by atoms with E-state index in [1.807, 2.05) is 0 Å². The van der Waals surface area contributed by atoms with Crippen LogP contribution in [-0.4, -0.2) is 55.3 Å². The van der Waals surface area contributed by atoms with Gasteiger partial charge in [0.05, 0.1) is 5.92 Å². The molecule has 0 aliphatic heterocycles. The third-order valence-electron chi connectivity index (χ3n) is 4.91. The van der Waals surface area contributed by atoms with Gasteiger partial charge in [-0.1, -0.05) is 6.42 Å². The molecule has 4 nitrogen and oxygen atoms in total. The van der Waals surface area contributed by atoms with Crippen molar-refractivity contribution in [1.29, 1.82) is 0 Å². The van der Waals surface area contributed by atoms with Crippen LogP contribution in [0.15, 0.2) is 4.99 Å². The molecule has 0 aromatic rings. The van der Waals surface area contributed by atoms with E-state index in [0.29, 0.717) is 24.5 Å². The largest absolute Gasteiger partial charge is 0.391 e. The smallest absolute Gasteiger partial charge is 0.356 e. The number of nitrogens with zero attached hydrogens (tertiary/aromatic N) is 2. The Bertz CT molecular complexity index is 406. The highest BCUT2D eigenvalue weighted by Crippen LogP contribution is 2.37. The highest BCUT2D eigenvalue weighted by Gasteiger charge is 2.42. The molecule has 0 heterocycles. The zero-order valence-corrected chi connectivity index (χ0v) is 19.0. The summed E-state index contributed by atoms with van der Waals surface area (Å²) in [6.45, 7) is 10.5. The van der Waals surface area contributed by atoms with Gasteiger partial charge in [0, 0.05) is 38.3 Å². The minimum absolute atomic E-state index is 0. The molecule has 1 saturated carbocycles. The van der Waals surface area contributed by atoms with Crippen molar-refractivity contribution in [2.75, 3.05) is 20.1 Å². The zero-order chi connectivity index (χ0) is 19.0. The molecule has 1 fully saturated rings. The topological polar surface area (TPSA) is 39.7 Å². The first-order chi connectivity index (χ1) is 11.6. The molecule has 26 heavy (non-hydrogen) atoms. The molecule has 1 aliphatic rings. The second kappa shape index (κ2) is 12.3. The first-order valence-electron chi connectivity index (χ1n) is 9.44. The van der Waals surface area contributed by atoms with E-state index in [2.05, 4.69) is 48.2 Å². The third-order valence-corrected chi connectivity index (χ3v) is 4.91. The number of nitrogens with one attached hydrogen (secondary N) is 2. The van der Waals surface area contributed by atoms with Crippen LogP contribution in [0.1, 0.15) is 59.8 Å². The van der Waals surface area contributed by atoms with Gasteiger partial charge in [-0.2, -0.15) is 13.2 Å². The lowest BCUT2D eigenvalue weighted by atomic mass is 9.85. The van der Waals surface area contributed by atoms with Crippen LogP contribution in [0.4, 0.5) is 13.2 Å². The van der Waals surface area contributed by atoms with Crippen molar-refractivity contribution in [3.05, 3.63) is 0 Å². The van der Waals surface area contributed by atoms with E-state index in [0.717, 1.165) is 25.9 Å². The Morgan fingerprint density at radius 2 is 1.77 bits per heavy atom. The molecule has 0 aromatic heterocycles. The van der Waals surface area contributed by atoms with Crippen molar-refractivity contribution in [1.82, 2.24) is 15.5 Å². The first-order valence-corrected chi connectivity index (χ1v) is 9.44. The van der Waals surface area contributed by atoms with E-state index in [1.165, 1.54) is 0 Å². The van der Waals surface area contributed by atoms with E-state index in [9.17, 15) is 13.2 Å². The number of halogens is 4. The summed E-state index contributed by atoms with van der Waals surface area (Å²) in [4.78, 5) is 6.58. The minimum Gasteiger partial charge on any atom is -0.356 e. The van der Waals surface area contributed by atoms with Crippen LogP contribution >= 0.6 is 24.0 Å². The van der Waals surface area contributed by atoms with Gasteiger partial charge in [-0.05, 0) is 53.4 Å². The van der Waals surface area contributed by atoms with Gasteiger partial charge in [0.15, 0.2) is 5.96 Å². The zero-order valence-electron chi connectivity index (χ0n) is 16.7. The number of hydrogen-bond acceptors (Lipinski definition) is 2. The van der Waals surface area contributed by atoms with Crippen molar-refractivity contribution >= 4 is 29.9 Å². The summed E-state index contributed by atoms with van der Waals surface area (Å²) in [5.41, 5.74) is 0. The monoisotopic (exact) mass is 492 g/mol. The van der Waals surface area contributed by atoms with Gasteiger partial charge in [-0.3, -0.25) is 9.89 Å². The highest BCUT2D eigenvalue weighted by molar-refractivity contribution is 14.0. The Labute approximate surface area is 173 Å². The lowest BCUT2D eigenvalue weighted by Gasteiger charge is -2.32. The standard InChI is InChI=1S/C18H35F3N4.HI/c1-13(2)25(14(3)4)11-7-10-23-17(22-5)24-16-9-6-8-15(12-16)18(19,20)21;/h13-16H,6-12H2,1-5H3,(H2,22,23,24);1H. The summed E-state index contributed by atoms with van der Waals surface area (Å²) < 4.78 is 38.7. The maximum absolute atomic E-state index is 12.9. The number of alkyl halides is 3. The molecule has 0 saturated heterocycles. The maximum Gasteiger partial charge on any atom is 0.391 e. The van der Waals surface area contributed by atoms with Gasteiger partial charge in [0.25, 0.3) is 0 Å². The van der Waals surface area contributed by atoms with Gasteiger partial charge in [0.2, 0.25) is 0 Å². The minimum atomic E-state index is -4.09. The molecule has 2 unspecified atom stereocenters. The van der Waals surface area contributed by atoms with Crippen molar-refractivity contribution < 1.29 is 13.2 Å². The first kappa shape index (κ1) is 25.8. The van der Waals surface area contributed by atoms with Crippen molar-refractivity contribution in [2.24, 2.45) is 10.9 Å². The van der Waals surface area contributed by atoms with Gasteiger partial charge in [-0.25, -0.2) is 0 Å². The van der Waals surface area contributed by atoms with E-state index in [-0.39, 0.29) is 42.9 Å². The SMILES string of the molecule is CN=C(NCCCN(C(C)C)C(C)C)NC1CCCC(C(F)(F)F)C1.I. The Morgan fingerprint density at radius 3 is 2.27 bits per heavy atom. The van der Waals surface area contributed by atoms with Crippen LogP contribution < -0.4 is 10.6 Å². The van der Waals surface area contributed by atoms with Crippen LogP contribution in [0.2, 0.25) is 0 Å². The van der Waals surface area contributed by atoms with Crippen molar-refractivity contribution in [3.63, 3.8) is 0 Å². The number of hydrogen-bond donors (Lipinski definition) is 2. The molecule has 2 N–H and O–H groups in total. The van der Waals surface area contributed by atoms with Gasteiger partial charge in [-0.15, -0.1) is 24.0 Å². The molecular weight excluding hydrogens is 456 g/mol. The molecule has 2 atom stereocenters. The quantitative estimate of drug-likeness (QED) is 0.240. The third kappa shape index (κ3) is 9.10. The number of rotatable bonds is 7. The van der Waals surface area contributed by atoms with Crippen LogP contribution in [0, 0.1) is 5.92 Å². The predicted octanol–water partition coefficient (Wildman–Crippen LogP) is 4.40.